The molecule has 0 bridgehead atoms. The molecule has 0 aliphatic carbocycles. The highest BCUT2D eigenvalue weighted by atomic mass is 32.2. The second kappa shape index (κ2) is 6.52. The van der Waals surface area contributed by atoms with Gasteiger partial charge in [-0.25, -0.2) is 9.48 Å². The third-order valence-electron chi connectivity index (χ3n) is 2.46. The summed E-state index contributed by atoms with van der Waals surface area (Å²) in [6.45, 7) is -0.422. The van der Waals surface area contributed by atoms with Crippen molar-refractivity contribution in [3.05, 3.63) is 11.3 Å². The lowest BCUT2D eigenvalue weighted by Crippen LogP contribution is -2.14. The Bertz CT molecular complexity index is 653. The number of esters is 1. The zero-order valence-electron chi connectivity index (χ0n) is 11.7. The summed E-state index contributed by atoms with van der Waals surface area (Å²) in [6, 6.07) is 0. The van der Waals surface area contributed by atoms with Crippen LogP contribution in [0.15, 0.2) is 0 Å². The van der Waals surface area contributed by atoms with Crippen molar-refractivity contribution in [1.29, 1.82) is 0 Å². The Labute approximate surface area is 124 Å². The van der Waals surface area contributed by atoms with Gasteiger partial charge in [-0.3, -0.25) is 4.18 Å². The van der Waals surface area contributed by atoms with E-state index in [9.17, 15) is 26.4 Å². The van der Waals surface area contributed by atoms with Crippen molar-refractivity contribution in [2.24, 2.45) is 0 Å². The molecule has 0 unspecified atom stereocenters. The highest BCUT2D eigenvalue weighted by molar-refractivity contribution is 7.85. The molecule has 0 aliphatic heterocycles. The van der Waals surface area contributed by atoms with E-state index in [1.807, 2.05) is 0 Å². The molecule has 0 aromatic carbocycles. The molecule has 22 heavy (non-hydrogen) atoms. The van der Waals surface area contributed by atoms with E-state index in [1.165, 1.54) is 0 Å². The minimum absolute atomic E-state index is 0.0247. The van der Waals surface area contributed by atoms with Gasteiger partial charge in [-0.15, -0.1) is 0 Å². The van der Waals surface area contributed by atoms with Gasteiger partial charge < -0.3 is 10.5 Å². The Hall–Kier alpha value is -1.82. The Morgan fingerprint density at radius 3 is 2.45 bits per heavy atom. The van der Waals surface area contributed by atoms with Crippen LogP contribution in [0.5, 0.6) is 0 Å². The molecule has 12 heteroatoms. The molecule has 2 N–H and O–H groups in total. The molecule has 1 heterocycles. The van der Waals surface area contributed by atoms with Crippen LogP contribution in [0.1, 0.15) is 22.5 Å². The first-order valence-electron chi connectivity index (χ1n) is 5.83. The van der Waals surface area contributed by atoms with E-state index < -0.39 is 39.3 Å². The summed E-state index contributed by atoms with van der Waals surface area (Å²) >= 11 is 0. The van der Waals surface area contributed by atoms with Crippen molar-refractivity contribution < 1.29 is 35.3 Å². The number of ether oxygens (including phenoxy) is 1. The number of halogens is 3. The summed E-state index contributed by atoms with van der Waals surface area (Å²) in [5.74, 6) is -1.78. The molecule has 1 rings (SSSR count). The lowest BCUT2D eigenvalue weighted by atomic mass is 10.2. The van der Waals surface area contributed by atoms with Gasteiger partial charge in [0.2, 0.25) is 0 Å². The van der Waals surface area contributed by atoms with Crippen LogP contribution in [0.4, 0.5) is 19.0 Å². The Kier molecular flexibility index (Phi) is 5.40. The molecule has 0 saturated heterocycles. The minimum Gasteiger partial charge on any atom is -0.465 e. The first kappa shape index (κ1) is 18.2. The highest BCUT2D eigenvalue weighted by Gasteiger charge is 2.41. The number of nitrogen functional groups attached to an aromatic ring is 1. The van der Waals surface area contributed by atoms with Gasteiger partial charge in [-0.05, 0) is 6.42 Å². The van der Waals surface area contributed by atoms with Crippen LogP contribution in [0.25, 0.3) is 0 Å². The van der Waals surface area contributed by atoms with Crippen LogP contribution in [0.2, 0.25) is 0 Å². The number of nitrogens with two attached hydrogens (primary N) is 1. The van der Waals surface area contributed by atoms with Crippen LogP contribution in [-0.4, -0.2) is 44.1 Å². The summed E-state index contributed by atoms with van der Waals surface area (Å²) in [5.41, 5.74) is 3.15. The van der Waals surface area contributed by atoms with E-state index in [4.69, 9.17) is 5.73 Å². The zero-order valence-corrected chi connectivity index (χ0v) is 12.5. The number of rotatable bonds is 6. The van der Waals surface area contributed by atoms with Gasteiger partial charge in [-0.2, -0.15) is 26.7 Å². The van der Waals surface area contributed by atoms with Crippen molar-refractivity contribution >= 4 is 21.9 Å². The van der Waals surface area contributed by atoms with E-state index in [1.54, 1.807) is 0 Å². The molecule has 0 atom stereocenters. The molecule has 1 aromatic rings. The number of aryl methyl sites for hydroxylation is 1. The maximum atomic E-state index is 12.8. The third-order valence-corrected chi connectivity index (χ3v) is 3.06. The second-order valence-corrected chi connectivity index (χ2v) is 5.84. The average molecular weight is 345 g/mol. The normalized spacial score (nSPS) is 12.4. The number of carbonyl (C=O) groups excluding carboxylic acids is 1. The Morgan fingerprint density at radius 1 is 1.41 bits per heavy atom. The number of aromatic nitrogens is 2. The number of hydrogen-bond donors (Lipinski definition) is 1. The minimum atomic E-state index is -4.88. The molecule has 0 amide bonds. The number of anilines is 1. The predicted octanol–water partition coefficient (Wildman–Crippen LogP) is 0.637. The van der Waals surface area contributed by atoms with Crippen LogP contribution >= 0.6 is 0 Å². The summed E-state index contributed by atoms with van der Waals surface area (Å²) in [6.07, 6.45) is -4.02. The van der Waals surface area contributed by atoms with Crippen molar-refractivity contribution in [3.8, 4) is 0 Å². The van der Waals surface area contributed by atoms with Gasteiger partial charge in [0.15, 0.2) is 5.69 Å². The van der Waals surface area contributed by atoms with Gasteiger partial charge in [0.05, 0.1) is 20.0 Å². The zero-order chi connectivity index (χ0) is 17.1. The molecule has 8 nitrogen and oxygen atoms in total. The van der Waals surface area contributed by atoms with Gasteiger partial charge >= 0.3 is 12.1 Å². The van der Waals surface area contributed by atoms with Crippen LogP contribution < -0.4 is 5.73 Å². The lowest BCUT2D eigenvalue weighted by molar-refractivity contribution is -0.142. The standard InChI is InChI=1S/C10H14F3N3O5S/c1-20-9(17)6-7(10(11,12)13)15-16(8(6)14)4-3-5-21-22(2,18)19/h3-5,14H2,1-2H3. The molecule has 0 aliphatic rings. The molecular formula is C10H14F3N3O5S. The fourth-order valence-corrected chi connectivity index (χ4v) is 1.99. The molecule has 0 saturated carbocycles. The monoisotopic (exact) mass is 345 g/mol. The molecule has 0 spiro atoms. The fraction of sp³-hybridized carbons (Fsp3) is 0.600. The lowest BCUT2D eigenvalue weighted by Gasteiger charge is -2.04. The fourth-order valence-electron chi connectivity index (χ4n) is 1.57. The van der Waals surface area contributed by atoms with Crippen molar-refractivity contribution in [2.45, 2.75) is 19.1 Å². The number of carbonyl (C=O) groups is 1. The molecule has 1 aromatic heterocycles. The van der Waals surface area contributed by atoms with Crippen LogP contribution in [-0.2, 0) is 31.8 Å². The summed E-state index contributed by atoms with van der Waals surface area (Å²) in [7, 11) is -2.73. The quantitative estimate of drug-likeness (QED) is 0.457. The summed E-state index contributed by atoms with van der Waals surface area (Å²) < 4.78 is 69.5. The summed E-state index contributed by atoms with van der Waals surface area (Å²) in [5, 5.41) is 3.24. The van der Waals surface area contributed by atoms with Gasteiger partial charge in [0.25, 0.3) is 10.1 Å². The molecule has 0 fully saturated rings. The number of nitrogens with zero attached hydrogens (tertiary/aromatic N) is 2. The largest absolute Gasteiger partial charge is 0.465 e. The second-order valence-electron chi connectivity index (χ2n) is 4.20. The van der Waals surface area contributed by atoms with E-state index in [-0.39, 0.29) is 19.6 Å². The van der Waals surface area contributed by atoms with E-state index in [0.717, 1.165) is 18.0 Å². The maximum absolute atomic E-state index is 12.8. The third kappa shape index (κ3) is 4.59. The average Bonchev–Trinajstić information content (AvgIpc) is 2.70. The highest BCUT2D eigenvalue weighted by Crippen LogP contribution is 2.34. The Balaban J connectivity index is 2.98. The molecule has 0 radical (unpaired) electrons. The topological polar surface area (TPSA) is 114 Å². The maximum Gasteiger partial charge on any atom is 0.436 e. The smallest absolute Gasteiger partial charge is 0.436 e. The number of alkyl halides is 3. The van der Waals surface area contributed by atoms with E-state index in [2.05, 4.69) is 14.0 Å². The van der Waals surface area contributed by atoms with Gasteiger partial charge in [0, 0.05) is 6.54 Å². The number of hydrogen-bond acceptors (Lipinski definition) is 7. The van der Waals surface area contributed by atoms with Gasteiger partial charge in [-0.1, -0.05) is 0 Å². The van der Waals surface area contributed by atoms with E-state index in [0.29, 0.717) is 0 Å². The molecular weight excluding hydrogens is 331 g/mol. The predicted molar refractivity (Wildman–Crippen MR) is 68.4 cm³/mol. The van der Waals surface area contributed by atoms with Crippen LogP contribution in [0, 0.1) is 0 Å². The van der Waals surface area contributed by atoms with Crippen molar-refractivity contribution in [3.63, 3.8) is 0 Å². The Morgan fingerprint density at radius 2 is 2.00 bits per heavy atom. The first-order chi connectivity index (χ1) is 9.97. The molecule has 126 valence electrons. The van der Waals surface area contributed by atoms with Crippen molar-refractivity contribution in [2.75, 3.05) is 25.7 Å². The van der Waals surface area contributed by atoms with E-state index >= 15 is 0 Å². The van der Waals surface area contributed by atoms with Crippen LogP contribution in [0.3, 0.4) is 0 Å². The summed E-state index contributed by atoms with van der Waals surface area (Å²) in [4.78, 5) is 11.4. The van der Waals surface area contributed by atoms with Gasteiger partial charge in [0.1, 0.15) is 11.4 Å². The number of methoxy groups -OCH3 is 1. The van der Waals surface area contributed by atoms with Crippen molar-refractivity contribution in [1.82, 2.24) is 9.78 Å². The SMILES string of the molecule is COC(=O)c1c(C(F)(F)F)nn(CCCOS(C)(=O)=O)c1N. The first-order valence-corrected chi connectivity index (χ1v) is 7.65.